The summed E-state index contributed by atoms with van der Waals surface area (Å²) in [5, 5.41) is 3.98. The van der Waals surface area contributed by atoms with Crippen LogP contribution in [-0.2, 0) is 4.74 Å². The summed E-state index contributed by atoms with van der Waals surface area (Å²) in [5.41, 5.74) is 1.04. The Morgan fingerprint density at radius 3 is 2.76 bits per heavy atom. The fourth-order valence-corrected chi connectivity index (χ4v) is 1.78. The summed E-state index contributed by atoms with van der Waals surface area (Å²) in [6.45, 7) is 6.31. The first kappa shape index (κ1) is 14.3. The van der Waals surface area contributed by atoms with Crippen LogP contribution in [0.15, 0.2) is 18.2 Å². The quantitative estimate of drug-likeness (QED) is 0.815. The fraction of sp³-hybridized carbons (Fsp3) is 0.538. The summed E-state index contributed by atoms with van der Waals surface area (Å²) in [6, 6.07) is 5.63. The van der Waals surface area contributed by atoms with E-state index in [1.54, 1.807) is 7.11 Å². The molecule has 0 amide bonds. The summed E-state index contributed by atoms with van der Waals surface area (Å²) in [4.78, 5) is 0. The van der Waals surface area contributed by atoms with Crippen LogP contribution in [0.1, 0.15) is 12.5 Å². The molecular weight excluding hydrogens is 238 g/mol. The first-order chi connectivity index (χ1) is 8.17. The van der Waals surface area contributed by atoms with Crippen LogP contribution in [0.4, 0.5) is 0 Å². The Morgan fingerprint density at radius 2 is 2.18 bits per heavy atom. The minimum atomic E-state index is 0.0137. The molecule has 0 aromatic heterocycles. The maximum absolute atomic E-state index is 5.91. The third kappa shape index (κ3) is 4.94. The van der Waals surface area contributed by atoms with Gasteiger partial charge in [0.25, 0.3) is 0 Å². The minimum Gasteiger partial charge on any atom is -0.486 e. The van der Waals surface area contributed by atoms with E-state index in [0.29, 0.717) is 6.61 Å². The zero-order chi connectivity index (χ0) is 12.7. The van der Waals surface area contributed by atoms with Crippen LogP contribution in [0.3, 0.4) is 0 Å². The number of benzene rings is 1. The molecule has 0 aliphatic heterocycles. The highest BCUT2D eigenvalue weighted by Crippen LogP contribution is 2.22. The van der Waals surface area contributed by atoms with E-state index >= 15 is 0 Å². The van der Waals surface area contributed by atoms with Gasteiger partial charge in [-0.25, -0.2) is 0 Å². The molecule has 1 aromatic carbocycles. The first-order valence-corrected chi connectivity index (χ1v) is 6.17. The summed E-state index contributed by atoms with van der Waals surface area (Å²) >= 11 is 5.91. The average molecular weight is 258 g/mol. The van der Waals surface area contributed by atoms with E-state index in [-0.39, 0.29) is 6.10 Å². The zero-order valence-corrected chi connectivity index (χ0v) is 11.4. The molecule has 4 heteroatoms. The number of hydrogen-bond acceptors (Lipinski definition) is 3. The number of likely N-dealkylation sites (N-methyl/N-ethyl adjacent to an activating group) is 1. The molecule has 0 fully saturated rings. The van der Waals surface area contributed by atoms with Crippen molar-refractivity contribution in [2.24, 2.45) is 0 Å². The highest BCUT2D eigenvalue weighted by molar-refractivity contribution is 6.30. The van der Waals surface area contributed by atoms with E-state index in [9.17, 15) is 0 Å². The topological polar surface area (TPSA) is 30.5 Å². The number of methoxy groups -OCH3 is 1. The van der Waals surface area contributed by atoms with E-state index < -0.39 is 0 Å². The molecule has 17 heavy (non-hydrogen) atoms. The average Bonchev–Trinajstić information content (AvgIpc) is 2.29. The van der Waals surface area contributed by atoms with Crippen LogP contribution < -0.4 is 10.1 Å². The second-order valence-electron chi connectivity index (χ2n) is 3.91. The molecule has 0 aliphatic carbocycles. The van der Waals surface area contributed by atoms with Gasteiger partial charge >= 0.3 is 0 Å². The normalized spacial score (nSPS) is 12.5. The second kappa shape index (κ2) is 7.54. The summed E-state index contributed by atoms with van der Waals surface area (Å²) in [6.07, 6.45) is 0.0137. The maximum Gasteiger partial charge on any atom is 0.134 e. The largest absolute Gasteiger partial charge is 0.486 e. The molecule has 0 heterocycles. The van der Waals surface area contributed by atoms with Gasteiger partial charge in [-0.15, -0.1) is 0 Å². The van der Waals surface area contributed by atoms with Crippen molar-refractivity contribution < 1.29 is 9.47 Å². The van der Waals surface area contributed by atoms with Crippen LogP contribution in [0, 0.1) is 6.92 Å². The molecule has 3 nitrogen and oxygen atoms in total. The van der Waals surface area contributed by atoms with Gasteiger partial charge in [-0.05, 0) is 37.2 Å². The maximum atomic E-state index is 5.91. The van der Waals surface area contributed by atoms with E-state index in [0.717, 1.165) is 29.4 Å². The number of ether oxygens (including phenoxy) is 2. The SMILES string of the molecule is CCNCC(COC)Oc1ccc(Cl)cc1C. The van der Waals surface area contributed by atoms with Crippen LogP contribution in [0.5, 0.6) is 5.75 Å². The first-order valence-electron chi connectivity index (χ1n) is 5.79. The van der Waals surface area contributed by atoms with E-state index in [2.05, 4.69) is 12.2 Å². The fourth-order valence-electron chi connectivity index (χ4n) is 1.55. The lowest BCUT2D eigenvalue weighted by molar-refractivity contribution is 0.0805. The number of hydrogen-bond donors (Lipinski definition) is 1. The third-order valence-electron chi connectivity index (χ3n) is 2.41. The Kier molecular flexibility index (Phi) is 6.34. The van der Waals surface area contributed by atoms with E-state index in [1.807, 2.05) is 25.1 Å². The number of aryl methyl sites for hydroxylation is 1. The number of nitrogens with one attached hydrogen (secondary N) is 1. The molecule has 0 radical (unpaired) electrons. The summed E-state index contributed by atoms with van der Waals surface area (Å²) in [5.74, 6) is 0.856. The van der Waals surface area contributed by atoms with Crippen molar-refractivity contribution in [3.8, 4) is 5.75 Å². The van der Waals surface area contributed by atoms with Crippen molar-refractivity contribution in [1.29, 1.82) is 0 Å². The van der Waals surface area contributed by atoms with Gasteiger partial charge in [0.2, 0.25) is 0 Å². The second-order valence-corrected chi connectivity index (χ2v) is 4.35. The molecule has 1 unspecified atom stereocenters. The Hall–Kier alpha value is -0.770. The molecule has 0 saturated carbocycles. The smallest absolute Gasteiger partial charge is 0.134 e. The lowest BCUT2D eigenvalue weighted by Crippen LogP contribution is -2.35. The molecule has 0 bridgehead atoms. The van der Waals surface area contributed by atoms with Crippen molar-refractivity contribution >= 4 is 11.6 Å². The van der Waals surface area contributed by atoms with Gasteiger partial charge in [0.1, 0.15) is 11.9 Å². The molecule has 1 N–H and O–H groups in total. The molecule has 0 aliphatic rings. The van der Waals surface area contributed by atoms with Crippen LogP contribution in [0.25, 0.3) is 0 Å². The van der Waals surface area contributed by atoms with Crippen LogP contribution in [-0.4, -0.2) is 32.9 Å². The molecule has 0 saturated heterocycles. The van der Waals surface area contributed by atoms with Gasteiger partial charge in [0.05, 0.1) is 6.61 Å². The molecule has 1 rings (SSSR count). The monoisotopic (exact) mass is 257 g/mol. The number of rotatable bonds is 7. The lowest BCUT2D eigenvalue weighted by atomic mass is 10.2. The van der Waals surface area contributed by atoms with E-state index in [1.165, 1.54) is 0 Å². The van der Waals surface area contributed by atoms with Gasteiger partial charge in [0.15, 0.2) is 0 Å². The van der Waals surface area contributed by atoms with Gasteiger partial charge in [-0.3, -0.25) is 0 Å². The molecule has 1 aromatic rings. The Morgan fingerprint density at radius 1 is 1.41 bits per heavy atom. The molecule has 1 atom stereocenters. The van der Waals surface area contributed by atoms with Gasteiger partial charge in [0, 0.05) is 18.7 Å². The predicted molar refractivity (Wildman–Crippen MR) is 71.0 cm³/mol. The summed E-state index contributed by atoms with van der Waals surface area (Å²) < 4.78 is 11.0. The van der Waals surface area contributed by atoms with E-state index in [4.69, 9.17) is 21.1 Å². The van der Waals surface area contributed by atoms with Crippen molar-refractivity contribution in [2.75, 3.05) is 26.8 Å². The Labute approximate surface area is 108 Å². The minimum absolute atomic E-state index is 0.0137. The Balaban J connectivity index is 2.64. The van der Waals surface area contributed by atoms with Crippen LogP contribution >= 0.6 is 11.6 Å². The van der Waals surface area contributed by atoms with Gasteiger partial charge < -0.3 is 14.8 Å². The van der Waals surface area contributed by atoms with Crippen molar-refractivity contribution in [2.45, 2.75) is 20.0 Å². The molecule has 0 spiro atoms. The highest BCUT2D eigenvalue weighted by atomic mass is 35.5. The van der Waals surface area contributed by atoms with Crippen molar-refractivity contribution in [3.05, 3.63) is 28.8 Å². The van der Waals surface area contributed by atoms with Gasteiger partial charge in [-0.2, -0.15) is 0 Å². The van der Waals surface area contributed by atoms with Crippen molar-refractivity contribution in [1.82, 2.24) is 5.32 Å². The van der Waals surface area contributed by atoms with Crippen LogP contribution in [0.2, 0.25) is 5.02 Å². The molecule has 96 valence electrons. The van der Waals surface area contributed by atoms with Crippen molar-refractivity contribution in [3.63, 3.8) is 0 Å². The standard InChI is InChI=1S/C13H20ClNO2/c1-4-15-8-12(9-16-3)17-13-6-5-11(14)7-10(13)2/h5-7,12,15H,4,8-9H2,1-3H3. The zero-order valence-electron chi connectivity index (χ0n) is 10.6. The predicted octanol–water partition coefficient (Wildman–Crippen LogP) is 2.65. The molecular formula is C13H20ClNO2. The Bertz CT molecular complexity index is 344. The summed E-state index contributed by atoms with van der Waals surface area (Å²) in [7, 11) is 1.68. The third-order valence-corrected chi connectivity index (χ3v) is 2.64. The van der Waals surface area contributed by atoms with Gasteiger partial charge in [-0.1, -0.05) is 18.5 Å². The highest BCUT2D eigenvalue weighted by Gasteiger charge is 2.11. The number of halogens is 1. The lowest BCUT2D eigenvalue weighted by Gasteiger charge is -2.20.